The first kappa shape index (κ1) is 13.3. The Morgan fingerprint density at radius 3 is 3.05 bits per heavy atom. The average molecular weight is 278 g/mol. The van der Waals surface area contributed by atoms with E-state index in [2.05, 4.69) is 15.1 Å². The maximum Gasteiger partial charge on any atom is 0.224 e. The van der Waals surface area contributed by atoms with E-state index in [1.165, 1.54) is 4.88 Å². The molecule has 0 aliphatic rings. The predicted molar refractivity (Wildman–Crippen MR) is 72.8 cm³/mol. The van der Waals surface area contributed by atoms with E-state index < -0.39 is 0 Å². The summed E-state index contributed by atoms with van der Waals surface area (Å²) < 4.78 is 5.58. The van der Waals surface area contributed by atoms with Crippen molar-refractivity contribution in [1.29, 1.82) is 0 Å². The van der Waals surface area contributed by atoms with Gasteiger partial charge in [0.15, 0.2) is 5.84 Å². The molecule has 0 saturated carbocycles. The Labute approximate surface area is 114 Å². The quantitative estimate of drug-likeness (QED) is 0.375. The number of rotatable bonds is 5. The summed E-state index contributed by atoms with van der Waals surface area (Å²) in [6, 6.07) is 3.39. The zero-order chi connectivity index (χ0) is 13.7. The van der Waals surface area contributed by atoms with Crippen LogP contribution < -0.4 is 10.5 Å². The summed E-state index contributed by atoms with van der Waals surface area (Å²) >= 11 is 1.60. The topological polar surface area (TPSA) is 93.6 Å². The fourth-order valence-corrected chi connectivity index (χ4v) is 2.32. The Balaban J connectivity index is 2.02. The minimum absolute atomic E-state index is 0.0166. The molecule has 0 spiro atoms. The third kappa shape index (κ3) is 3.19. The van der Waals surface area contributed by atoms with Gasteiger partial charge in [0.2, 0.25) is 5.88 Å². The molecule has 19 heavy (non-hydrogen) atoms. The molecule has 0 fully saturated rings. The third-order valence-corrected chi connectivity index (χ3v) is 3.56. The number of hydrogen-bond donors (Lipinski definition) is 2. The number of amidine groups is 1. The molecule has 0 aliphatic carbocycles. The average Bonchev–Trinajstić information content (AvgIpc) is 2.84. The summed E-state index contributed by atoms with van der Waals surface area (Å²) in [5.74, 6) is 0.344. The monoisotopic (exact) mass is 278 g/mol. The zero-order valence-electron chi connectivity index (χ0n) is 10.4. The van der Waals surface area contributed by atoms with Crippen molar-refractivity contribution in [3.8, 4) is 5.88 Å². The molecule has 100 valence electrons. The van der Waals surface area contributed by atoms with E-state index in [0.717, 1.165) is 12.1 Å². The molecule has 2 aromatic rings. The van der Waals surface area contributed by atoms with E-state index in [1.807, 2.05) is 12.4 Å². The number of ether oxygens (including phenoxy) is 1. The van der Waals surface area contributed by atoms with E-state index >= 15 is 0 Å². The minimum atomic E-state index is -0.0166. The van der Waals surface area contributed by atoms with Gasteiger partial charge in [-0.1, -0.05) is 5.16 Å². The fraction of sp³-hybridized carbons (Fsp3) is 0.250. The Bertz CT molecular complexity index is 583. The molecular formula is C12H14N4O2S. The summed E-state index contributed by atoms with van der Waals surface area (Å²) in [6.45, 7) is 2.43. The second kappa shape index (κ2) is 6.14. The van der Waals surface area contributed by atoms with Crippen LogP contribution in [0, 0.1) is 6.92 Å². The van der Waals surface area contributed by atoms with Crippen molar-refractivity contribution in [2.45, 2.75) is 13.3 Å². The molecule has 0 aliphatic heterocycles. The fourth-order valence-electron chi connectivity index (χ4n) is 1.56. The molecule has 0 saturated heterocycles. The number of oxime groups is 1. The van der Waals surface area contributed by atoms with E-state index in [4.69, 9.17) is 15.7 Å². The first-order valence-corrected chi connectivity index (χ1v) is 6.55. The van der Waals surface area contributed by atoms with E-state index in [-0.39, 0.29) is 5.84 Å². The number of nitrogens with two attached hydrogens (primary N) is 1. The highest BCUT2D eigenvalue weighted by atomic mass is 32.1. The highest BCUT2D eigenvalue weighted by molar-refractivity contribution is 7.09. The Kier molecular flexibility index (Phi) is 4.30. The second-order valence-corrected chi connectivity index (χ2v) is 4.74. The van der Waals surface area contributed by atoms with Gasteiger partial charge < -0.3 is 15.7 Å². The number of pyridine rings is 1. The van der Waals surface area contributed by atoms with Crippen LogP contribution in [0.2, 0.25) is 0 Å². The molecule has 6 nitrogen and oxygen atoms in total. The number of hydrogen-bond acceptors (Lipinski definition) is 6. The van der Waals surface area contributed by atoms with Gasteiger partial charge in [-0.2, -0.15) is 0 Å². The first-order chi connectivity index (χ1) is 9.22. The smallest absolute Gasteiger partial charge is 0.224 e. The predicted octanol–water partition coefficient (Wildman–Crippen LogP) is 1.56. The molecule has 7 heteroatoms. The highest BCUT2D eigenvalue weighted by Gasteiger charge is 2.09. The van der Waals surface area contributed by atoms with Crippen LogP contribution in [-0.2, 0) is 6.42 Å². The Morgan fingerprint density at radius 2 is 2.37 bits per heavy atom. The van der Waals surface area contributed by atoms with Crippen LogP contribution in [0.25, 0.3) is 0 Å². The summed E-state index contributed by atoms with van der Waals surface area (Å²) in [5, 5.41) is 11.7. The normalized spacial score (nSPS) is 11.5. The zero-order valence-corrected chi connectivity index (χ0v) is 11.2. The van der Waals surface area contributed by atoms with Crippen molar-refractivity contribution >= 4 is 17.2 Å². The molecule has 0 bridgehead atoms. The van der Waals surface area contributed by atoms with Gasteiger partial charge in [0.05, 0.1) is 23.4 Å². The third-order valence-electron chi connectivity index (χ3n) is 2.57. The second-order valence-electron chi connectivity index (χ2n) is 3.80. The molecule has 0 unspecified atom stereocenters. The van der Waals surface area contributed by atoms with Gasteiger partial charge >= 0.3 is 0 Å². The number of thiazole rings is 1. The van der Waals surface area contributed by atoms with Gasteiger partial charge in [-0.3, -0.25) is 0 Å². The highest BCUT2D eigenvalue weighted by Crippen LogP contribution is 2.16. The van der Waals surface area contributed by atoms with Gasteiger partial charge in [-0.25, -0.2) is 9.97 Å². The summed E-state index contributed by atoms with van der Waals surface area (Å²) in [6.07, 6.45) is 2.35. The van der Waals surface area contributed by atoms with E-state index in [9.17, 15) is 0 Å². The molecule has 3 N–H and O–H groups in total. The lowest BCUT2D eigenvalue weighted by atomic mass is 10.2. The first-order valence-electron chi connectivity index (χ1n) is 5.67. The van der Waals surface area contributed by atoms with Gasteiger partial charge in [-0.05, 0) is 19.1 Å². The summed E-state index contributed by atoms with van der Waals surface area (Å²) in [4.78, 5) is 9.44. The summed E-state index contributed by atoms with van der Waals surface area (Å²) in [5.41, 5.74) is 8.87. The van der Waals surface area contributed by atoms with Crippen LogP contribution in [0.4, 0.5) is 0 Å². The van der Waals surface area contributed by atoms with E-state index in [0.29, 0.717) is 18.1 Å². The van der Waals surface area contributed by atoms with Gasteiger partial charge in [-0.15, -0.1) is 11.3 Å². The van der Waals surface area contributed by atoms with Crippen LogP contribution in [0.15, 0.2) is 29.0 Å². The molecule has 2 rings (SSSR count). The van der Waals surface area contributed by atoms with Crippen LogP contribution in [0.1, 0.15) is 16.1 Å². The molecule has 2 heterocycles. The number of aromatic nitrogens is 2. The maximum absolute atomic E-state index is 8.70. The Morgan fingerprint density at radius 1 is 1.53 bits per heavy atom. The molecular weight excluding hydrogens is 264 g/mol. The molecule has 0 radical (unpaired) electrons. The van der Waals surface area contributed by atoms with Gasteiger partial charge in [0.25, 0.3) is 0 Å². The maximum atomic E-state index is 8.70. The van der Waals surface area contributed by atoms with Crippen molar-refractivity contribution in [2.24, 2.45) is 10.9 Å². The van der Waals surface area contributed by atoms with E-state index in [1.54, 1.807) is 29.7 Å². The van der Waals surface area contributed by atoms with Crippen molar-refractivity contribution in [1.82, 2.24) is 9.97 Å². The van der Waals surface area contributed by atoms with Crippen LogP contribution >= 0.6 is 11.3 Å². The molecule has 0 amide bonds. The van der Waals surface area contributed by atoms with Crippen molar-refractivity contribution in [3.63, 3.8) is 0 Å². The lowest BCUT2D eigenvalue weighted by Crippen LogP contribution is -2.16. The number of nitrogens with zero attached hydrogens (tertiary/aromatic N) is 3. The number of aryl methyl sites for hydroxylation is 1. The van der Waals surface area contributed by atoms with Crippen LogP contribution in [0.3, 0.4) is 0 Å². The Hall–Kier alpha value is -2.15. The lowest BCUT2D eigenvalue weighted by molar-refractivity contribution is 0.306. The largest absolute Gasteiger partial charge is 0.477 e. The lowest BCUT2D eigenvalue weighted by Gasteiger charge is -2.08. The SMILES string of the molecule is Cc1ncsc1CCOc1ncccc1/C(N)=N/O. The van der Waals surface area contributed by atoms with Gasteiger partial charge in [0.1, 0.15) is 0 Å². The molecule has 0 atom stereocenters. The molecule has 2 aromatic heterocycles. The van der Waals surface area contributed by atoms with Gasteiger partial charge in [0, 0.05) is 17.5 Å². The van der Waals surface area contributed by atoms with Crippen molar-refractivity contribution in [2.75, 3.05) is 6.61 Å². The standard InChI is InChI=1S/C12H14N4O2S/c1-8-10(19-7-15-8)4-6-18-12-9(11(13)16-17)3-2-5-14-12/h2-3,5,7,17H,4,6H2,1H3,(H2,13,16). The minimum Gasteiger partial charge on any atom is -0.477 e. The van der Waals surface area contributed by atoms with Crippen LogP contribution in [-0.4, -0.2) is 27.6 Å². The van der Waals surface area contributed by atoms with Crippen molar-refractivity contribution < 1.29 is 9.94 Å². The summed E-state index contributed by atoms with van der Waals surface area (Å²) in [7, 11) is 0. The van der Waals surface area contributed by atoms with Crippen LogP contribution in [0.5, 0.6) is 5.88 Å². The van der Waals surface area contributed by atoms with Crippen molar-refractivity contribution in [3.05, 3.63) is 40.0 Å². The molecule has 0 aromatic carbocycles.